The molecule has 0 bridgehead atoms. The number of ketones is 1. The minimum Gasteiger partial charge on any atom is -0.358 e. The summed E-state index contributed by atoms with van der Waals surface area (Å²) in [5.74, 6) is 0.920. The van der Waals surface area contributed by atoms with Gasteiger partial charge in [-0.05, 0) is 52.4 Å². The summed E-state index contributed by atoms with van der Waals surface area (Å²) < 4.78 is 0. The number of aromatic nitrogens is 1. The van der Waals surface area contributed by atoms with Gasteiger partial charge in [0.25, 0.3) is 0 Å². The zero-order valence-corrected chi connectivity index (χ0v) is 15.3. The van der Waals surface area contributed by atoms with Crippen molar-refractivity contribution in [1.29, 1.82) is 0 Å². The van der Waals surface area contributed by atoms with Crippen molar-refractivity contribution < 1.29 is 4.79 Å². The van der Waals surface area contributed by atoms with Gasteiger partial charge in [0.1, 0.15) is 0 Å². The number of para-hydroxylation sites is 1. The predicted octanol–water partition coefficient (Wildman–Crippen LogP) is 3.32. The number of nitrogens with one attached hydrogen (secondary N) is 1. The first-order valence-electron chi connectivity index (χ1n) is 9.05. The Balaban J connectivity index is 1.74. The highest BCUT2D eigenvalue weighted by atomic mass is 16.1. The maximum atomic E-state index is 13.1. The number of hydrogen-bond donors (Lipinski definition) is 1. The molecule has 0 spiro atoms. The summed E-state index contributed by atoms with van der Waals surface area (Å²) in [6.07, 6.45) is 1.19. The molecule has 1 fully saturated rings. The quantitative estimate of drug-likeness (QED) is 0.827. The molecule has 2 aromatic rings. The van der Waals surface area contributed by atoms with Gasteiger partial charge < -0.3 is 9.88 Å². The standard InChI is InChI=1S/C20H29N3O/c1-5-22(4)12-16-10-11-23(13-16)15(3)20(24)19-14(2)21-18-9-7-6-8-17(18)19/h6-9,15-16,21H,5,10-13H2,1-4H3. The summed E-state index contributed by atoms with van der Waals surface area (Å²) >= 11 is 0. The molecule has 2 heterocycles. The number of likely N-dealkylation sites (tertiary alicyclic amines) is 1. The average molecular weight is 327 g/mol. The largest absolute Gasteiger partial charge is 0.358 e. The van der Waals surface area contributed by atoms with E-state index in [4.69, 9.17) is 0 Å². The lowest BCUT2D eigenvalue weighted by Gasteiger charge is -2.24. The lowest BCUT2D eigenvalue weighted by Crippen LogP contribution is -2.38. The Morgan fingerprint density at radius 2 is 2.17 bits per heavy atom. The smallest absolute Gasteiger partial charge is 0.182 e. The van der Waals surface area contributed by atoms with Gasteiger partial charge in [-0.1, -0.05) is 25.1 Å². The second-order valence-electron chi connectivity index (χ2n) is 7.22. The Labute approximate surface area is 144 Å². The van der Waals surface area contributed by atoms with Gasteiger partial charge in [-0.15, -0.1) is 0 Å². The van der Waals surface area contributed by atoms with Crippen molar-refractivity contribution in [3.63, 3.8) is 0 Å². The molecule has 2 atom stereocenters. The van der Waals surface area contributed by atoms with E-state index in [9.17, 15) is 4.79 Å². The topological polar surface area (TPSA) is 39.3 Å². The van der Waals surface area contributed by atoms with Crippen molar-refractivity contribution in [3.05, 3.63) is 35.5 Å². The Morgan fingerprint density at radius 3 is 2.92 bits per heavy atom. The highest BCUT2D eigenvalue weighted by molar-refractivity contribution is 6.11. The SMILES string of the molecule is CCN(C)CC1CCN(C(C)C(=O)c2c(C)[nH]c3ccccc23)C1. The van der Waals surface area contributed by atoms with Crippen LogP contribution >= 0.6 is 0 Å². The molecule has 2 unspecified atom stereocenters. The number of Topliss-reactive ketones (excluding diaryl/α,β-unsaturated/α-hetero) is 1. The summed E-state index contributed by atoms with van der Waals surface area (Å²) in [4.78, 5) is 21.2. The van der Waals surface area contributed by atoms with Crippen molar-refractivity contribution in [3.8, 4) is 0 Å². The van der Waals surface area contributed by atoms with Crippen molar-refractivity contribution in [1.82, 2.24) is 14.8 Å². The molecule has 4 nitrogen and oxygen atoms in total. The zero-order chi connectivity index (χ0) is 17.3. The third kappa shape index (κ3) is 3.26. The van der Waals surface area contributed by atoms with Crippen molar-refractivity contribution in [2.75, 3.05) is 33.2 Å². The van der Waals surface area contributed by atoms with Crippen LogP contribution in [0.5, 0.6) is 0 Å². The number of aryl methyl sites for hydroxylation is 1. The van der Waals surface area contributed by atoms with Crippen LogP contribution in [0.1, 0.15) is 36.3 Å². The van der Waals surface area contributed by atoms with Crippen LogP contribution in [0, 0.1) is 12.8 Å². The Kier molecular flexibility index (Phi) is 5.07. The lowest BCUT2D eigenvalue weighted by molar-refractivity contribution is 0.0862. The fraction of sp³-hybridized carbons (Fsp3) is 0.550. The van der Waals surface area contributed by atoms with E-state index < -0.39 is 0 Å². The van der Waals surface area contributed by atoms with Crippen LogP contribution in [-0.2, 0) is 0 Å². The molecule has 1 aromatic carbocycles. The van der Waals surface area contributed by atoms with E-state index in [1.807, 2.05) is 31.2 Å². The molecule has 24 heavy (non-hydrogen) atoms. The van der Waals surface area contributed by atoms with E-state index >= 15 is 0 Å². The maximum absolute atomic E-state index is 13.1. The molecular weight excluding hydrogens is 298 g/mol. The first-order chi connectivity index (χ1) is 11.5. The Hall–Kier alpha value is -1.65. The van der Waals surface area contributed by atoms with Gasteiger partial charge in [0, 0.05) is 35.2 Å². The van der Waals surface area contributed by atoms with Crippen molar-refractivity contribution in [2.45, 2.75) is 33.2 Å². The van der Waals surface area contributed by atoms with E-state index in [1.54, 1.807) is 0 Å². The van der Waals surface area contributed by atoms with Gasteiger partial charge in [-0.3, -0.25) is 9.69 Å². The van der Waals surface area contributed by atoms with E-state index in [-0.39, 0.29) is 11.8 Å². The number of carbonyl (C=O) groups is 1. The number of hydrogen-bond acceptors (Lipinski definition) is 3. The van der Waals surface area contributed by atoms with E-state index in [0.29, 0.717) is 5.92 Å². The minimum absolute atomic E-state index is 0.0557. The molecule has 0 radical (unpaired) electrons. The van der Waals surface area contributed by atoms with Gasteiger partial charge >= 0.3 is 0 Å². The second kappa shape index (κ2) is 7.08. The van der Waals surface area contributed by atoms with E-state index in [0.717, 1.165) is 48.3 Å². The highest BCUT2D eigenvalue weighted by Gasteiger charge is 2.31. The first-order valence-corrected chi connectivity index (χ1v) is 9.05. The summed E-state index contributed by atoms with van der Waals surface area (Å²) in [5, 5.41) is 1.05. The summed E-state index contributed by atoms with van der Waals surface area (Å²) in [7, 11) is 2.17. The summed E-state index contributed by atoms with van der Waals surface area (Å²) in [6, 6.07) is 8.03. The van der Waals surface area contributed by atoms with E-state index in [2.05, 4.69) is 35.7 Å². The molecule has 1 saturated heterocycles. The van der Waals surface area contributed by atoms with Crippen LogP contribution in [0.25, 0.3) is 10.9 Å². The molecule has 3 rings (SSSR count). The van der Waals surface area contributed by atoms with Crippen LogP contribution in [0.2, 0.25) is 0 Å². The van der Waals surface area contributed by atoms with Crippen molar-refractivity contribution in [2.24, 2.45) is 5.92 Å². The monoisotopic (exact) mass is 327 g/mol. The number of carbonyl (C=O) groups excluding carboxylic acids is 1. The minimum atomic E-state index is -0.0557. The molecular formula is C20H29N3O. The molecule has 130 valence electrons. The third-order valence-electron chi connectivity index (χ3n) is 5.49. The van der Waals surface area contributed by atoms with Crippen LogP contribution in [0.15, 0.2) is 24.3 Å². The number of nitrogens with zero attached hydrogens (tertiary/aromatic N) is 2. The molecule has 0 aliphatic carbocycles. The number of aromatic amines is 1. The molecule has 1 aliphatic rings. The number of H-pyrrole nitrogens is 1. The van der Waals surface area contributed by atoms with Gasteiger partial charge in [0.15, 0.2) is 5.78 Å². The van der Waals surface area contributed by atoms with Crippen LogP contribution in [0.3, 0.4) is 0 Å². The Bertz CT molecular complexity index is 721. The number of benzene rings is 1. The third-order valence-corrected chi connectivity index (χ3v) is 5.49. The second-order valence-corrected chi connectivity index (χ2v) is 7.22. The van der Waals surface area contributed by atoms with Gasteiger partial charge in [-0.25, -0.2) is 0 Å². The fourth-order valence-electron chi connectivity index (χ4n) is 3.90. The van der Waals surface area contributed by atoms with Gasteiger partial charge in [0.2, 0.25) is 0 Å². The van der Waals surface area contributed by atoms with Crippen molar-refractivity contribution >= 4 is 16.7 Å². The zero-order valence-electron chi connectivity index (χ0n) is 15.3. The number of rotatable bonds is 6. The highest BCUT2D eigenvalue weighted by Crippen LogP contribution is 2.26. The Morgan fingerprint density at radius 1 is 1.42 bits per heavy atom. The van der Waals surface area contributed by atoms with E-state index in [1.165, 1.54) is 6.42 Å². The fourth-order valence-corrected chi connectivity index (χ4v) is 3.90. The maximum Gasteiger partial charge on any atom is 0.182 e. The van der Waals surface area contributed by atoms with Crippen LogP contribution < -0.4 is 0 Å². The van der Waals surface area contributed by atoms with Crippen LogP contribution in [0.4, 0.5) is 0 Å². The molecule has 4 heteroatoms. The lowest BCUT2D eigenvalue weighted by atomic mass is 10.0. The normalized spacial score (nSPS) is 20.1. The molecule has 0 amide bonds. The first kappa shape index (κ1) is 17.2. The summed E-state index contributed by atoms with van der Waals surface area (Å²) in [5.41, 5.74) is 2.90. The average Bonchev–Trinajstić information content (AvgIpc) is 3.16. The molecule has 1 aromatic heterocycles. The molecule has 0 saturated carbocycles. The number of fused-ring (bicyclic) bond motifs is 1. The van der Waals surface area contributed by atoms with Gasteiger partial charge in [0.05, 0.1) is 6.04 Å². The van der Waals surface area contributed by atoms with Crippen LogP contribution in [-0.4, -0.2) is 59.8 Å². The summed E-state index contributed by atoms with van der Waals surface area (Å²) in [6.45, 7) is 10.5. The molecule has 1 N–H and O–H groups in total. The predicted molar refractivity (Wildman–Crippen MR) is 99.7 cm³/mol. The molecule has 1 aliphatic heterocycles. The van der Waals surface area contributed by atoms with Gasteiger partial charge in [-0.2, -0.15) is 0 Å².